The van der Waals surface area contributed by atoms with Crippen molar-refractivity contribution in [2.24, 2.45) is 0 Å². The Balaban J connectivity index is 2.69. The molecule has 2 aromatic carbocycles. The zero-order valence-electron chi connectivity index (χ0n) is 9.10. The Hall–Kier alpha value is -1.06. The third-order valence-electron chi connectivity index (χ3n) is 2.70. The molecule has 1 nitrogen and oxygen atoms in total. The van der Waals surface area contributed by atoms with Gasteiger partial charge in [0.1, 0.15) is 0 Å². The van der Waals surface area contributed by atoms with Gasteiger partial charge in [0.05, 0.1) is 5.02 Å². The molecule has 2 N–H and O–H groups in total. The third-order valence-corrected chi connectivity index (χ3v) is 3.96. The van der Waals surface area contributed by atoms with E-state index in [-0.39, 0.29) is 5.02 Å². The van der Waals surface area contributed by atoms with Gasteiger partial charge in [0, 0.05) is 15.7 Å². The van der Waals surface area contributed by atoms with E-state index in [4.69, 9.17) is 17.3 Å². The van der Waals surface area contributed by atoms with Crippen LogP contribution in [0.2, 0.25) is 5.02 Å². The number of hydrogen-bond donors (Lipinski definition) is 1. The molecule has 0 aliphatic heterocycles. The Kier molecular flexibility index (Phi) is 3.40. The molecule has 2 aromatic rings. The molecule has 0 saturated heterocycles. The minimum absolute atomic E-state index is 0.0873. The quantitative estimate of drug-likeness (QED) is 0.594. The predicted octanol–water partition coefficient (Wildman–Crippen LogP) is 4.80. The van der Waals surface area contributed by atoms with Crippen molar-refractivity contribution in [3.05, 3.63) is 51.2 Å². The third kappa shape index (κ3) is 2.17. The highest BCUT2D eigenvalue weighted by Gasteiger charge is 2.13. The van der Waals surface area contributed by atoms with Crippen molar-refractivity contribution < 1.29 is 4.39 Å². The van der Waals surface area contributed by atoms with Gasteiger partial charge in [0.25, 0.3) is 0 Å². The van der Waals surface area contributed by atoms with Crippen LogP contribution in [0.15, 0.2) is 34.8 Å². The molecule has 0 atom stereocenters. The largest absolute Gasteiger partial charge is 0.398 e. The van der Waals surface area contributed by atoms with E-state index in [0.29, 0.717) is 15.7 Å². The molecule has 0 aliphatic rings. The first kappa shape index (κ1) is 12.4. The van der Waals surface area contributed by atoms with Gasteiger partial charge in [-0.2, -0.15) is 0 Å². The molecule has 0 unspecified atom stereocenters. The summed E-state index contributed by atoms with van der Waals surface area (Å²) in [5, 5.41) is 0.0873. The first-order chi connectivity index (χ1) is 8.02. The molecule has 0 aromatic heterocycles. The van der Waals surface area contributed by atoms with E-state index in [1.54, 1.807) is 24.3 Å². The fourth-order valence-electron chi connectivity index (χ4n) is 1.68. The van der Waals surface area contributed by atoms with Gasteiger partial charge in [-0.15, -0.1) is 0 Å². The second-order valence-corrected chi connectivity index (χ2v) is 4.98. The smallest absolute Gasteiger partial charge is 0.150 e. The Bertz CT molecular complexity index is 584. The predicted molar refractivity (Wildman–Crippen MR) is 73.7 cm³/mol. The van der Waals surface area contributed by atoms with Crippen LogP contribution < -0.4 is 5.73 Å². The summed E-state index contributed by atoms with van der Waals surface area (Å²) in [5.41, 5.74) is 8.52. The summed E-state index contributed by atoms with van der Waals surface area (Å²) in [7, 11) is 0. The average molecular weight is 315 g/mol. The number of nitrogens with two attached hydrogens (primary N) is 1. The monoisotopic (exact) mass is 313 g/mol. The van der Waals surface area contributed by atoms with E-state index in [1.807, 2.05) is 13.0 Å². The van der Waals surface area contributed by atoms with Crippen LogP contribution in [0.4, 0.5) is 10.1 Å². The molecule has 0 fully saturated rings. The van der Waals surface area contributed by atoms with Gasteiger partial charge in [-0.25, -0.2) is 4.39 Å². The normalized spacial score (nSPS) is 10.6. The van der Waals surface area contributed by atoms with Crippen LogP contribution in [0.25, 0.3) is 11.1 Å². The highest BCUT2D eigenvalue weighted by Crippen LogP contribution is 2.35. The van der Waals surface area contributed by atoms with Crippen molar-refractivity contribution in [2.45, 2.75) is 6.92 Å². The van der Waals surface area contributed by atoms with E-state index in [2.05, 4.69) is 15.9 Å². The van der Waals surface area contributed by atoms with Crippen molar-refractivity contribution in [2.75, 3.05) is 5.73 Å². The Morgan fingerprint density at radius 2 is 1.88 bits per heavy atom. The molecule has 0 amide bonds. The standard InChI is InChI=1S/C13H10BrClFN/c1-7-8(3-2-4-11(7)17)9-5-6-10(14)12(15)13(9)16/h2-6H,17H2,1H3. The summed E-state index contributed by atoms with van der Waals surface area (Å²) in [6.07, 6.45) is 0. The number of hydrogen-bond acceptors (Lipinski definition) is 1. The van der Waals surface area contributed by atoms with Crippen LogP contribution in [0.3, 0.4) is 0 Å². The molecule has 2 rings (SSSR count). The first-order valence-corrected chi connectivity index (χ1v) is 6.18. The number of halogens is 3. The van der Waals surface area contributed by atoms with Crippen LogP contribution in [0, 0.1) is 12.7 Å². The molecule has 88 valence electrons. The van der Waals surface area contributed by atoms with E-state index >= 15 is 0 Å². The number of anilines is 1. The highest BCUT2D eigenvalue weighted by molar-refractivity contribution is 9.10. The second kappa shape index (κ2) is 4.67. The molecule has 0 spiro atoms. The molecule has 0 saturated carbocycles. The van der Waals surface area contributed by atoms with Gasteiger partial charge in [-0.05, 0) is 46.1 Å². The van der Waals surface area contributed by atoms with Gasteiger partial charge >= 0.3 is 0 Å². The van der Waals surface area contributed by atoms with E-state index in [9.17, 15) is 4.39 Å². The Morgan fingerprint density at radius 1 is 1.18 bits per heavy atom. The van der Waals surface area contributed by atoms with Crippen LogP contribution in [-0.2, 0) is 0 Å². The fourth-order valence-corrected chi connectivity index (χ4v) is 2.15. The topological polar surface area (TPSA) is 26.0 Å². The number of benzene rings is 2. The number of nitrogen functional groups attached to an aromatic ring is 1. The maximum absolute atomic E-state index is 14.1. The van der Waals surface area contributed by atoms with Crippen LogP contribution in [0.5, 0.6) is 0 Å². The van der Waals surface area contributed by atoms with Crippen LogP contribution in [0.1, 0.15) is 5.56 Å². The zero-order chi connectivity index (χ0) is 12.6. The van der Waals surface area contributed by atoms with E-state index < -0.39 is 5.82 Å². The van der Waals surface area contributed by atoms with Crippen molar-refractivity contribution in [3.63, 3.8) is 0 Å². The molecule has 4 heteroatoms. The van der Waals surface area contributed by atoms with Gasteiger partial charge < -0.3 is 5.73 Å². The summed E-state index contributed by atoms with van der Waals surface area (Å²) in [6.45, 7) is 1.86. The second-order valence-electron chi connectivity index (χ2n) is 3.74. The summed E-state index contributed by atoms with van der Waals surface area (Å²) in [5.74, 6) is -0.435. The lowest BCUT2D eigenvalue weighted by Gasteiger charge is -2.11. The molecule has 0 bridgehead atoms. The van der Waals surface area contributed by atoms with Crippen molar-refractivity contribution in [1.29, 1.82) is 0 Å². The van der Waals surface area contributed by atoms with Gasteiger partial charge in [-0.1, -0.05) is 29.8 Å². The summed E-state index contributed by atoms with van der Waals surface area (Å²) >= 11 is 9.06. The van der Waals surface area contributed by atoms with E-state index in [1.165, 1.54) is 0 Å². The highest BCUT2D eigenvalue weighted by atomic mass is 79.9. The maximum Gasteiger partial charge on any atom is 0.150 e. The summed E-state index contributed by atoms with van der Waals surface area (Å²) in [4.78, 5) is 0. The Morgan fingerprint density at radius 3 is 2.59 bits per heavy atom. The minimum Gasteiger partial charge on any atom is -0.398 e. The lowest BCUT2D eigenvalue weighted by molar-refractivity contribution is 0.631. The Labute approximate surface area is 113 Å². The molecule has 0 heterocycles. The zero-order valence-corrected chi connectivity index (χ0v) is 11.4. The van der Waals surface area contributed by atoms with Crippen molar-refractivity contribution in [3.8, 4) is 11.1 Å². The minimum atomic E-state index is -0.435. The maximum atomic E-state index is 14.1. The van der Waals surface area contributed by atoms with Gasteiger partial charge in [0.2, 0.25) is 0 Å². The van der Waals surface area contributed by atoms with Gasteiger partial charge in [0.15, 0.2) is 5.82 Å². The number of rotatable bonds is 1. The first-order valence-electron chi connectivity index (χ1n) is 5.01. The molecular weight excluding hydrogens is 305 g/mol. The van der Waals surface area contributed by atoms with Crippen LogP contribution in [-0.4, -0.2) is 0 Å². The van der Waals surface area contributed by atoms with Crippen molar-refractivity contribution >= 4 is 33.2 Å². The van der Waals surface area contributed by atoms with Crippen molar-refractivity contribution in [1.82, 2.24) is 0 Å². The summed E-state index contributed by atoms with van der Waals surface area (Å²) < 4.78 is 14.6. The lowest BCUT2D eigenvalue weighted by Crippen LogP contribution is -1.94. The molecule has 0 aliphatic carbocycles. The molecule has 0 radical (unpaired) electrons. The lowest BCUT2D eigenvalue weighted by atomic mass is 9.99. The molecular formula is C13H10BrClFN. The van der Waals surface area contributed by atoms with Crippen LogP contribution >= 0.6 is 27.5 Å². The summed E-state index contributed by atoms with van der Waals surface area (Å²) in [6, 6.07) is 8.83. The molecule has 17 heavy (non-hydrogen) atoms. The van der Waals surface area contributed by atoms with Gasteiger partial charge in [-0.3, -0.25) is 0 Å². The van der Waals surface area contributed by atoms with E-state index in [0.717, 1.165) is 11.1 Å². The SMILES string of the molecule is Cc1c(N)cccc1-c1ccc(Br)c(Cl)c1F. The fraction of sp³-hybridized carbons (Fsp3) is 0.0769. The average Bonchev–Trinajstić information content (AvgIpc) is 2.31.